The summed E-state index contributed by atoms with van der Waals surface area (Å²) in [7, 11) is 0. The topological polar surface area (TPSA) is 90.2 Å². The van der Waals surface area contributed by atoms with Gasteiger partial charge in [0.2, 0.25) is 5.54 Å². The number of halogens is 3. The van der Waals surface area contributed by atoms with Crippen molar-refractivity contribution < 1.29 is 27.9 Å². The van der Waals surface area contributed by atoms with Gasteiger partial charge in [0.15, 0.2) is 0 Å². The quantitative estimate of drug-likeness (QED) is 0.884. The Hall–Kier alpha value is -2.56. The van der Waals surface area contributed by atoms with Crippen LogP contribution in [0.1, 0.15) is 22.8 Å². The van der Waals surface area contributed by atoms with Gasteiger partial charge in [-0.05, 0) is 25.1 Å². The number of nitrogens with zero attached hydrogens (tertiary/aromatic N) is 1. The summed E-state index contributed by atoms with van der Waals surface area (Å²) < 4.78 is 38.2. The van der Waals surface area contributed by atoms with Crippen molar-refractivity contribution in [3.63, 3.8) is 0 Å². The first-order valence-electron chi connectivity index (χ1n) is 5.24. The van der Waals surface area contributed by atoms with Gasteiger partial charge >= 0.3 is 12.1 Å². The van der Waals surface area contributed by atoms with Gasteiger partial charge in [0.25, 0.3) is 5.91 Å². The Bertz CT molecular complexity index is 592. The summed E-state index contributed by atoms with van der Waals surface area (Å²) in [5.41, 5.74) is -3.57. The number of rotatable bonds is 3. The van der Waals surface area contributed by atoms with Crippen LogP contribution in [0.3, 0.4) is 0 Å². The highest BCUT2D eigenvalue weighted by molar-refractivity contribution is 5.98. The number of carbonyl (C=O) groups excluding carboxylic acids is 1. The molecule has 1 aromatic rings. The number of amides is 1. The fraction of sp³-hybridized carbons (Fsp3) is 0.250. The molecular weight excluding hydrogens is 277 g/mol. The van der Waals surface area contributed by atoms with Crippen LogP contribution >= 0.6 is 0 Å². The van der Waals surface area contributed by atoms with E-state index < -0.39 is 23.6 Å². The number of alkyl halides is 3. The number of carboxylic acid groups (broad SMARTS) is 1. The molecule has 5 nitrogen and oxygen atoms in total. The number of carboxylic acids is 1. The third-order valence-corrected chi connectivity index (χ3v) is 2.61. The van der Waals surface area contributed by atoms with Gasteiger partial charge in [-0.2, -0.15) is 18.4 Å². The Labute approximate surface area is 111 Å². The molecule has 0 aliphatic rings. The van der Waals surface area contributed by atoms with Crippen LogP contribution in [0.2, 0.25) is 0 Å². The number of hydrogen-bond donors (Lipinski definition) is 2. The molecule has 1 rings (SSSR count). The monoisotopic (exact) mass is 286 g/mol. The molecule has 1 aromatic carbocycles. The maximum atomic E-state index is 12.7. The van der Waals surface area contributed by atoms with Gasteiger partial charge in [0.05, 0.1) is 11.6 Å². The second-order valence-corrected chi connectivity index (χ2v) is 4.07. The highest BCUT2D eigenvalue weighted by Gasteiger charge is 2.58. The Kier molecular flexibility index (Phi) is 4.03. The number of carbonyl (C=O) groups is 2. The zero-order chi connectivity index (χ0) is 15.6. The minimum Gasteiger partial charge on any atom is -0.479 e. The molecule has 0 aliphatic carbocycles. The van der Waals surface area contributed by atoms with Gasteiger partial charge in [0, 0.05) is 5.56 Å². The summed E-state index contributed by atoms with van der Waals surface area (Å²) in [6, 6.07) is 6.62. The highest BCUT2D eigenvalue weighted by Crippen LogP contribution is 2.30. The molecule has 0 spiro atoms. The second-order valence-electron chi connectivity index (χ2n) is 4.07. The lowest BCUT2D eigenvalue weighted by Crippen LogP contribution is -2.61. The summed E-state index contributed by atoms with van der Waals surface area (Å²) in [5.74, 6) is -3.46. The van der Waals surface area contributed by atoms with Gasteiger partial charge in [-0.3, -0.25) is 4.79 Å². The first-order valence-corrected chi connectivity index (χ1v) is 5.24. The molecule has 0 aliphatic heterocycles. The summed E-state index contributed by atoms with van der Waals surface area (Å²) >= 11 is 0. The van der Waals surface area contributed by atoms with E-state index in [1.165, 1.54) is 23.5 Å². The number of nitrogens with one attached hydrogen (secondary N) is 1. The molecule has 2 N–H and O–H groups in total. The average Bonchev–Trinajstić information content (AvgIpc) is 2.37. The predicted molar refractivity (Wildman–Crippen MR) is 60.7 cm³/mol. The van der Waals surface area contributed by atoms with Crippen molar-refractivity contribution in [3.05, 3.63) is 35.4 Å². The lowest BCUT2D eigenvalue weighted by atomic mass is 10.0. The molecule has 106 valence electrons. The smallest absolute Gasteiger partial charge is 0.422 e. The van der Waals surface area contributed by atoms with Gasteiger partial charge in [-0.25, -0.2) is 4.79 Å². The molecule has 1 atom stereocenters. The van der Waals surface area contributed by atoms with Crippen LogP contribution in [0.15, 0.2) is 24.3 Å². The van der Waals surface area contributed by atoms with Crippen molar-refractivity contribution in [3.8, 4) is 6.07 Å². The predicted octanol–water partition coefficient (Wildman–Crippen LogP) is 1.69. The van der Waals surface area contributed by atoms with E-state index in [1.807, 2.05) is 0 Å². The van der Waals surface area contributed by atoms with Crippen LogP contribution in [0, 0.1) is 11.3 Å². The molecule has 0 saturated heterocycles. The third kappa shape index (κ3) is 2.88. The van der Waals surface area contributed by atoms with Crippen LogP contribution in [0.5, 0.6) is 0 Å². The van der Waals surface area contributed by atoms with E-state index in [4.69, 9.17) is 10.4 Å². The van der Waals surface area contributed by atoms with Gasteiger partial charge in [-0.1, -0.05) is 6.07 Å². The molecule has 20 heavy (non-hydrogen) atoms. The summed E-state index contributed by atoms with van der Waals surface area (Å²) in [5, 5.41) is 18.7. The van der Waals surface area contributed by atoms with Crippen LogP contribution in [0.4, 0.5) is 13.2 Å². The molecule has 0 bridgehead atoms. The first kappa shape index (κ1) is 15.5. The Morgan fingerprint density at radius 1 is 1.35 bits per heavy atom. The number of nitriles is 1. The third-order valence-electron chi connectivity index (χ3n) is 2.61. The Balaban J connectivity index is 3.10. The maximum Gasteiger partial charge on any atom is 0.422 e. The number of hydrogen-bond acceptors (Lipinski definition) is 3. The normalized spacial score (nSPS) is 13.9. The SMILES string of the molecule is CC(NC(=O)c1cccc(C#N)c1)(C(=O)O)C(F)(F)F. The largest absolute Gasteiger partial charge is 0.479 e. The van der Waals surface area contributed by atoms with Crippen molar-refractivity contribution in [1.29, 1.82) is 5.26 Å². The van der Waals surface area contributed by atoms with E-state index in [0.717, 1.165) is 6.07 Å². The Morgan fingerprint density at radius 3 is 2.40 bits per heavy atom. The maximum absolute atomic E-state index is 12.7. The van der Waals surface area contributed by atoms with Crippen LogP contribution in [0.25, 0.3) is 0 Å². The summed E-state index contributed by atoms with van der Waals surface area (Å²) in [6.07, 6.45) is -5.17. The van der Waals surface area contributed by atoms with Gasteiger partial charge < -0.3 is 10.4 Å². The van der Waals surface area contributed by atoms with E-state index in [1.54, 1.807) is 6.07 Å². The molecule has 0 aromatic heterocycles. The standard InChI is InChI=1S/C12H9F3N2O3/c1-11(10(19)20,12(13,14)15)17-9(18)8-4-2-3-7(5-8)6-16/h2-5H,1H3,(H,17,18)(H,19,20). The fourth-order valence-electron chi connectivity index (χ4n) is 1.27. The summed E-state index contributed by atoms with van der Waals surface area (Å²) in [6.45, 7) is 0.349. The minimum absolute atomic E-state index is 0.0710. The average molecular weight is 286 g/mol. The van der Waals surface area contributed by atoms with Crippen molar-refractivity contribution in [2.75, 3.05) is 0 Å². The summed E-state index contributed by atoms with van der Waals surface area (Å²) in [4.78, 5) is 22.5. The van der Waals surface area contributed by atoms with E-state index >= 15 is 0 Å². The number of benzene rings is 1. The molecule has 0 radical (unpaired) electrons. The first-order chi connectivity index (χ1) is 9.11. The highest BCUT2D eigenvalue weighted by atomic mass is 19.4. The van der Waals surface area contributed by atoms with E-state index in [0.29, 0.717) is 6.92 Å². The van der Waals surface area contributed by atoms with E-state index in [-0.39, 0.29) is 11.1 Å². The molecular formula is C12H9F3N2O3. The van der Waals surface area contributed by atoms with Crippen LogP contribution < -0.4 is 5.32 Å². The van der Waals surface area contributed by atoms with Crippen LogP contribution in [-0.4, -0.2) is 28.7 Å². The van der Waals surface area contributed by atoms with Gasteiger partial charge in [0.1, 0.15) is 0 Å². The Morgan fingerprint density at radius 2 is 1.95 bits per heavy atom. The molecule has 0 saturated carbocycles. The second kappa shape index (κ2) is 5.21. The molecule has 1 amide bonds. The van der Waals surface area contributed by atoms with Crippen molar-refractivity contribution in [2.45, 2.75) is 18.6 Å². The minimum atomic E-state index is -5.17. The van der Waals surface area contributed by atoms with Crippen molar-refractivity contribution in [2.24, 2.45) is 0 Å². The molecule has 0 fully saturated rings. The zero-order valence-electron chi connectivity index (χ0n) is 10.2. The van der Waals surface area contributed by atoms with E-state index in [2.05, 4.69) is 0 Å². The van der Waals surface area contributed by atoms with Crippen LogP contribution in [-0.2, 0) is 4.79 Å². The number of aliphatic carboxylic acids is 1. The molecule has 1 unspecified atom stereocenters. The lowest BCUT2D eigenvalue weighted by Gasteiger charge is -2.28. The molecule has 0 heterocycles. The molecule has 8 heteroatoms. The van der Waals surface area contributed by atoms with Crippen molar-refractivity contribution in [1.82, 2.24) is 5.32 Å². The lowest BCUT2D eigenvalue weighted by molar-refractivity contribution is -0.203. The van der Waals surface area contributed by atoms with Crippen molar-refractivity contribution >= 4 is 11.9 Å². The van der Waals surface area contributed by atoms with E-state index in [9.17, 15) is 22.8 Å². The van der Waals surface area contributed by atoms with Gasteiger partial charge in [-0.15, -0.1) is 0 Å². The zero-order valence-corrected chi connectivity index (χ0v) is 10.2. The fourth-order valence-corrected chi connectivity index (χ4v) is 1.27.